The number of anilines is 2. The third-order valence-corrected chi connectivity index (χ3v) is 7.50. The quantitative estimate of drug-likeness (QED) is 0.680. The molecule has 0 radical (unpaired) electrons. The Bertz CT molecular complexity index is 1160. The number of halogens is 1. The Kier molecular flexibility index (Phi) is 5.42. The van der Waals surface area contributed by atoms with Gasteiger partial charge in [0.15, 0.2) is 0 Å². The average molecular weight is 430 g/mol. The molecule has 1 aliphatic rings. The van der Waals surface area contributed by atoms with E-state index in [2.05, 4.69) is 27.5 Å². The maximum atomic E-state index is 12.4. The predicted octanol–water partition coefficient (Wildman–Crippen LogP) is 4.04. The molecule has 3 aromatic carbocycles. The molecule has 1 saturated heterocycles. The lowest BCUT2D eigenvalue weighted by Gasteiger charge is -2.38. The van der Waals surface area contributed by atoms with Crippen molar-refractivity contribution in [3.8, 4) is 0 Å². The van der Waals surface area contributed by atoms with Gasteiger partial charge in [-0.2, -0.15) is 0 Å². The molecule has 1 fully saturated rings. The first kappa shape index (κ1) is 20.0. The van der Waals surface area contributed by atoms with E-state index in [0.29, 0.717) is 4.90 Å². The summed E-state index contributed by atoms with van der Waals surface area (Å²) in [6, 6.07) is 17.3. The van der Waals surface area contributed by atoms with Crippen LogP contribution in [0, 0.1) is 6.92 Å². The van der Waals surface area contributed by atoms with E-state index in [1.807, 2.05) is 42.5 Å². The molecule has 5 nitrogen and oxygen atoms in total. The Morgan fingerprint density at radius 2 is 1.45 bits per heavy atom. The molecule has 3 aromatic rings. The van der Waals surface area contributed by atoms with Crippen molar-refractivity contribution in [1.29, 1.82) is 0 Å². The van der Waals surface area contributed by atoms with Crippen molar-refractivity contribution in [2.24, 2.45) is 0 Å². The maximum Gasteiger partial charge on any atom is 0.240 e. The van der Waals surface area contributed by atoms with E-state index in [1.165, 1.54) is 12.7 Å². The first-order valence-corrected chi connectivity index (χ1v) is 11.5. The van der Waals surface area contributed by atoms with Crippen LogP contribution in [-0.4, -0.2) is 41.6 Å². The second-order valence-corrected chi connectivity index (χ2v) is 9.46. The first-order chi connectivity index (χ1) is 13.9. The molecule has 29 heavy (non-hydrogen) atoms. The van der Waals surface area contributed by atoms with Gasteiger partial charge < -0.3 is 9.80 Å². The number of nitrogens with zero attached hydrogens (tertiary/aromatic N) is 2. The summed E-state index contributed by atoms with van der Waals surface area (Å²) in [5.74, 6) is 0. The molecule has 1 N–H and O–H groups in total. The highest BCUT2D eigenvalue weighted by Gasteiger charge is 2.23. The van der Waals surface area contributed by atoms with Gasteiger partial charge in [-0.3, -0.25) is 0 Å². The van der Waals surface area contributed by atoms with Crippen molar-refractivity contribution in [3.63, 3.8) is 0 Å². The van der Waals surface area contributed by atoms with Crippen LogP contribution in [0.1, 0.15) is 5.56 Å². The molecule has 0 aliphatic carbocycles. The Balaban J connectivity index is 1.64. The van der Waals surface area contributed by atoms with Gasteiger partial charge in [-0.1, -0.05) is 41.9 Å². The van der Waals surface area contributed by atoms with E-state index in [0.717, 1.165) is 53.2 Å². The summed E-state index contributed by atoms with van der Waals surface area (Å²) in [6.45, 7) is 5.53. The van der Waals surface area contributed by atoms with E-state index < -0.39 is 10.0 Å². The van der Waals surface area contributed by atoms with Gasteiger partial charge in [-0.25, -0.2) is 13.1 Å². The Morgan fingerprint density at radius 1 is 0.828 bits per heavy atom. The summed E-state index contributed by atoms with van der Waals surface area (Å²) >= 11 is 6.30. The van der Waals surface area contributed by atoms with Crippen molar-refractivity contribution >= 4 is 43.8 Å². The molecule has 0 amide bonds. The van der Waals surface area contributed by atoms with E-state index in [4.69, 9.17) is 11.6 Å². The van der Waals surface area contributed by atoms with Crippen molar-refractivity contribution in [3.05, 3.63) is 65.2 Å². The van der Waals surface area contributed by atoms with Gasteiger partial charge in [-0.05, 0) is 43.8 Å². The fraction of sp³-hybridized carbons (Fsp3) is 0.273. The highest BCUT2D eigenvalue weighted by molar-refractivity contribution is 7.89. The van der Waals surface area contributed by atoms with Gasteiger partial charge in [0.1, 0.15) is 0 Å². The van der Waals surface area contributed by atoms with Gasteiger partial charge in [0.2, 0.25) is 10.0 Å². The largest absolute Gasteiger partial charge is 0.368 e. The van der Waals surface area contributed by atoms with Gasteiger partial charge in [0, 0.05) is 53.3 Å². The number of nitrogens with one attached hydrogen (secondary N) is 1. The lowest BCUT2D eigenvalue weighted by Crippen LogP contribution is -2.46. The highest BCUT2D eigenvalue weighted by atomic mass is 35.5. The van der Waals surface area contributed by atoms with Crippen LogP contribution in [0.4, 0.5) is 11.4 Å². The highest BCUT2D eigenvalue weighted by Crippen LogP contribution is 2.33. The SMILES string of the molecule is CNS(=O)(=O)c1ccc(N2CCN(c3cccc(Cl)c3C)CC2)c2ccccc12. The molecule has 0 saturated carbocycles. The molecule has 1 aliphatic heterocycles. The van der Waals surface area contributed by atoms with E-state index >= 15 is 0 Å². The van der Waals surface area contributed by atoms with Crippen molar-refractivity contribution in [1.82, 2.24) is 4.72 Å². The summed E-state index contributed by atoms with van der Waals surface area (Å²) in [4.78, 5) is 5.00. The lowest BCUT2D eigenvalue weighted by atomic mass is 10.1. The number of hydrogen-bond donors (Lipinski definition) is 1. The molecule has 7 heteroatoms. The number of benzene rings is 3. The number of hydrogen-bond acceptors (Lipinski definition) is 4. The van der Waals surface area contributed by atoms with E-state index in [-0.39, 0.29) is 0 Å². The third-order valence-electron chi connectivity index (χ3n) is 5.62. The van der Waals surface area contributed by atoms with Crippen molar-refractivity contribution in [2.45, 2.75) is 11.8 Å². The summed E-state index contributed by atoms with van der Waals surface area (Å²) in [6.07, 6.45) is 0. The van der Waals surface area contributed by atoms with Gasteiger partial charge in [-0.15, -0.1) is 0 Å². The smallest absolute Gasteiger partial charge is 0.240 e. The molecule has 0 unspecified atom stereocenters. The van der Waals surface area contributed by atoms with Crippen LogP contribution in [0.2, 0.25) is 5.02 Å². The summed E-state index contributed by atoms with van der Waals surface area (Å²) in [5, 5.41) is 2.49. The molecule has 4 rings (SSSR count). The fourth-order valence-corrected chi connectivity index (χ4v) is 5.11. The van der Waals surface area contributed by atoms with Crippen molar-refractivity contribution in [2.75, 3.05) is 43.0 Å². The van der Waals surface area contributed by atoms with Crippen LogP contribution in [0.25, 0.3) is 10.8 Å². The third kappa shape index (κ3) is 3.68. The zero-order valence-electron chi connectivity index (χ0n) is 16.5. The number of sulfonamides is 1. The monoisotopic (exact) mass is 429 g/mol. The van der Waals surface area contributed by atoms with Gasteiger partial charge >= 0.3 is 0 Å². The summed E-state index contributed by atoms with van der Waals surface area (Å²) < 4.78 is 27.3. The fourth-order valence-electron chi connectivity index (χ4n) is 4.00. The van der Waals surface area contributed by atoms with Crippen molar-refractivity contribution < 1.29 is 8.42 Å². The van der Waals surface area contributed by atoms with Crippen LogP contribution >= 0.6 is 11.6 Å². The Morgan fingerprint density at radius 3 is 2.10 bits per heavy atom. The van der Waals surface area contributed by atoms with Crippen LogP contribution in [-0.2, 0) is 10.0 Å². The minimum atomic E-state index is -3.52. The molecule has 152 valence electrons. The molecule has 0 bridgehead atoms. The minimum absolute atomic E-state index is 0.313. The topological polar surface area (TPSA) is 52.7 Å². The maximum absolute atomic E-state index is 12.4. The molecule has 0 atom stereocenters. The zero-order valence-corrected chi connectivity index (χ0v) is 18.1. The van der Waals surface area contributed by atoms with Gasteiger partial charge in [0.25, 0.3) is 0 Å². The first-order valence-electron chi connectivity index (χ1n) is 9.62. The predicted molar refractivity (Wildman–Crippen MR) is 121 cm³/mol. The number of fused-ring (bicyclic) bond motifs is 1. The summed E-state index contributed by atoms with van der Waals surface area (Å²) in [5.41, 5.74) is 3.35. The average Bonchev–Trinajstić information content (AvgIpc) is 2.75. The van der Waals surface area contributed by atoms with E-state index in [1.54, 1.807) is 6.07 Å². The second-order valence-electron chi connectivity index (χ2n) is 7.19. The normalized spacial score (nSPS) is 15.1. The number of rotatable bonds is 4. The van der Waals surface area contributed by atoms with Crippen LogP contribution in [0.3, 0.4) is 0 Å². The van der Waals surface area contributed by atoms with Gasteiger partial charge in [0.05, 0.1) is 4.90 Å². The Hall–Kier alpha value is -2.28. The van der Waals surface area contributed by atoms with E-state index in [9.17, 15) is 8.42 Å². The molecular formula is C22H24ClN3O2S. The zero-order chi connectivity index (χ0) is 20.6. The molecule has 1 heterocycles. The number of piperazine rings is 1. The second kappa shape index (κ2) is 7.86. The van der Waals surface area contributed by atoms with Crippen LogP contribution in [0.15, 0.2) is 59.5 Å². The lowest BCUT2D eigenvalue weighted by molar-refractivity contribution is 0.589. The summed E-state index contributed by atoms with van der Waals surface area (Å²) in [7, 11) is -2.08. The Labute approximate surface area is 176 Å². The molecule has 0 aromatic heterocycles. The van der Waals surface area contributed by atoms with Crippen LogP contribution < -0.4 is 14.5 Å². The molecule has 0 spiro atoms. The minimum Gasteiger partial charge on any atom is -0.368 e. The standard InChI is InChI=1S/C22H24ClN3O2S/c1-16-19(23)8-5-9-20(16)25-12-14-26(15-13-25)21-10-11-22(29(27,28)24-2)18-7-4-3-6-17(18)21/h3-11,24H,12-15H2,1-2H3. The molecular weight excluding hydrogens is 406 g/mol. The van der Waals surface area contributed by atoms with Crippen LogP contribution in [0.5, 0.6) is 0 Å².